The molecule has 0 heterocycles. The van der Waals surface area contributed by atoms with Crippen molar-refractivity contribution in [1.29, 1.82) is 0 Å². The minimum atomic E-state index is 0. The number of hydrogen-bond acceptors (Lipinski definition) is 4. The first-order chi connectivity index (χ1) is 9.67. The summed E-state index contributed by atoms with van der Waals surface area (Å²) in [5.41, 5.74) is 0.965. The van der Waals surface area contributed by atoms with Crippen molar-refractivity contribution in [2.45, 2.75) is 46.6 Å². The topological polar surface area (TPSA) is 80.9 Å². The molecule has 0 saturated heterocycles. The van der Waals surface area contributed by atoms with Crippen LogP contribution in [0.3, 0.4) is 0 Å². The van der Waals surface area contributed by atoms with E-state index in [1.807, 2.05) is 51.1 Å². The van der Waals surface area contributed by atoms with E-state index in [4.69, 9.17) is 20.4 Å². The molecule has 21 heavy (non-hydrogen) atoms. The maximum absolute atomic E-state index is 8.54. The summed E-state index contributed by atoms with van der Waals surface area (Å²) in [5.74, 6) is 0. The van der Waals surface area contributed by atoms with Crippen molar-refractivity contribution >= 4 is 0 Å². The van der Waals surface area contributed by atoms with Crippen LogP contribution in [-0.4, -0.2) is 40.2 Å². The summed E-state index contributed by atoms with van der Waals surface area (Å²) >= 11 is 0. The molecule has 0 spiro atoms. The average Bonchev–Trinajstić information content (AvgIpc) is 2.56. The van der Waals surface area contributed by atoms with Crippen LogP contribution in [0.2, 0.25) is 0 Å². The van der Waals surface area contributed by atoms with Gasteiger partial charge in [0.15, 0.2) is 0 Å². The van der Waals surface area contributed by atoms with Crippen LogP contribution < -0.4 is 0 Å². The monoisotopic (exact) mass is 378 g/mol. The molecule has 0 aliphatic heterocycles. The van der Waals surface area contributed by atoms with Crippen molar-refractivity contribution in [2.75, 3.05) is 19.8 Å². The predicted octanol–water partition coefficient (Wildman–Crippen LogP) is 2.34. The molecule has 1 aromatic rings. The summed E-state index contributed by atoms with van der Waals surface area (Å²) in [7, 11) is 0. The van der Waals surface area contributed by atoms with Gasteiger partial charge in [0.05, 0.1) is 6.61 Å². The van der Waals surface area contributed by atoms with Crippen LogP contribution in [0.25, 0.3) is 0 Å². The van der Waals surface area contributed by atoms with Gasteiger partial charge >= 0.3 is 0 Å². The summed E-state index contributed by atoms with van der Waals surface area (Å²) in [6.45, 7) is 6.89. The first-order valence-corrected chi connectivity index (χ1v) is 7.15. The first-order valence-electron chi connectivity index (χ1n) is 7.15. The smallest absolute Gasteiger partial charge is 0.0681 e. The van der Waals surface area contributed by atoms with Crippen molar-refractivity contribution in [3.63, 3.8) is 0 Å². The standard InChI is InChI=1S/C7H8O.3C3H8O.Zr/c8-6-7-4-2-1-3-5-7;3*1-2-3-4;/h1-5,8H,6H2;3*4H,2-3H2,1H3;. The van der Waals surface area contributed by atoms with Gasteiger partial charge in [-0.25, -0.2) is 0 Å². The fourth-order valence-corrected chi connectivity index (χ4v) is 0.583. The van der Waals surface area contributed by atoms with E-state index in [-0.39, 0.29) is 32.8 Å². The van der Waals surface area contributed by atoms with E-state index in [1.54, 1.807) is 0 Å². The van der Waals surface area contributed by atoms with Gasteiger partial charge in [-0.05, 0) is 24.8 Å². The summed E-state index contributed by atoms with van der Waals surface area (Å²) in [6.07, 6.45) is 2.62. The summed E-state index contributed by atoms with van der Waals surface area (Å²) in [4.78, 5) is 0. The maximum atomic E-state index is 8.54. The molecule has 0 aliphatic carbocycles. The molecule has 1 rings (SSSR count). The Morgan fingerprint density at radius 2 is 0.952 bits per heavy atom. The Kier molecular flexibility index (Phi) is 44.3. The molecular weight excluding hydrogens is 347 g/mol. The summed E-state index contributed by atoms with van der Waals surface area (Å²) in [6, 6.07) is 9.52. The van der Waals surface area contributed by atoms with Crippen LogP contribution in [0.5, 0.6) is 0 Å². The zero-order valence-electron chi connectivity index (χ0n) is 13.6. The molecule has 0 aromatic heterocycles. The molecule has 0 aliphatic rings. The Morgan fingerprint density at radius 1 is 0.667 bits per heavy atom. The average molecular weight is 380 g/mol. The number of aliphatic hydroxyl groups is 4. The molecule has 0 unspecified atom stereocenters. The van der Waals surface area contributed by atoms with E-state index in [9.17, 15) is 0 Å². The van der Waals surface area contributed by atoms with Gasteiger partial charge in [0.2, 0.25) is 0 Å². The van der Waals surface area contributed by atoms with Crippen LogP contribution in [0.4, 0.5) is 0 Å². The molecule has 0 fully saturated rings. The largest absolute Gasteiger partial charge is 0.396 e. The van der Waals surface area contributed by atoms with E-state index in [1.165, 1.54) is 0 Å². The van der Waals surface area contributed by atoms with Gasteiger partial charge in [-0.3, -0.25) is 0 Å². The zero-order chi connectivity index (χ0) is 16.1. The van der Waals surface area contributed by atoms with Crippen LogP contribution >= 0.6 is 0 Å². The van der Waals surface area contributed by atoms with Crippen LogP contribution in [0.15, 0.2) is 30.3 Å². The molecule has 0 radical (unpaired) electrons. The molecular formula is C16H32O4Zr. The van der Waals surface area contributed by atoms with E-state index >= 15 is 0 Å². The molecule has 0 bridgehead atoms. The Hall–Kier alpha value is -0.0569. The molecule has 4 nitrogen and oxygen atoms in total. The molecule has 0 atom stereocenters. The van der Waals surface area contributed by atoms with E-state index in [0.717, 1.165) is 24.8 Å². The molecule has 1 aromatic carbocycles. The third kappa shape index (κ3) is 38.3. The normalized spacial score (nSPS) is 7.76. The summed E-state index contributed by atoms with van der Waals surface area (Å²) < 4.78 is 0. The van der Waals surface area contributed by atoms with E-state index in [0.29, 0.717) is 19.8 Å². The molecule has 0 amide bonds. The third-order valence-electron chi connectivity index (χ3n) is 1.70. The minimum Gasteiger partial charge on any atom is -0.396 e. The number of aliphatic hydroxyl groups excluding tert-OH is 4. The molecule has 4 N–H and O–H groups in total. The zero-order valence-corrected chi connectivity index (χ0v) is 16.1. The van der Waals surface area contributed by atoms with Gasteiger partial charge in [-0.2, -0.15) is 0 Å². The van der Waals surface area contributed by atoms with Crippen LogP contribution in [0, 0.1) is 0 Å². The second-order valence-corrected chi connectivity index (χ2v) is 3.81. The Labute approximate surface area is 149 Å². The van der Waals surface area contributed by atoms with Crippen molar-refractivity contribution in [1.82, 2.24) is 0 Å². The van der Waals surface area contributed by atoms with Crippen molar-refractivity contribution in [3.05, 3.63) is 35.9 Å². The first kappa shape index (κ1) is 29.0. The molecule has 5 heteroatoms. The molecule has 124 valence electrons. The van der Waals surface area contributed by atoms with Gasteiger partial charge in [0.1, 0.15) is 0 Å². The number of rotatable bonds is 4. The second-order valence-electron chi connectivity index (χ2n) is 3.81. The Balaban J connectivity index is -0.0000000973. The fourth-order valence-electron chi connectivity index (χ4n) is 0.583. The van der Waals surface area contributed by atoms with Crippen molar-refractivity contribution in [2.24, 2.45) is 0 Å². The summed E-state index contributed by atoms with van der Waals surface area (Å²) in [5, 5.41) is 32.2. The predicted molar refractivity (Wildman–Crippen MR) is 84.5 cm³/mol. The van der Waals surface area contributed by atoms with Gasteiger partial charge in [-0.15, -0.1) is 0 Å². The van der Waals surface area contributed by atoms with Gasteiger partial charge in [0, 0.05) is 46.0 Å². The number of hydrogen-bond donors (Lipinski definition) is 4. The number of benzene rings is 1. The minimum absolute atomic E-state index is 0. The van der Waals surface area contributed by atoms with Crippen molar-refractivity contribution < 1.29 is 46.6 Å². The fraction of sp³-hybridized carbons (Fsp3) is 0.625. The van der Waals surface area contributed by atoms with Gasteiger partial charge in [0.25, 0.3) is 0 Å². The quantitative estimate of drug-likeness (QED) is 0.647. The Morgan fingerprint density at radius 3 is 1.10 bits per heavy atom. The third-order valence-corrected chi connectivity index (χ3v) is 1.70. The Bertz CT molecular complexity index is 217. The van der Waals surface area contributed by atoms with Crippen LogP contribution in [0.1, 0.15) is 45.6 Å². The van der Waals surface area contributed by atoms with Gasteiger partial charge in [-0.1, -0.05) is 51.1 Å². The molecule has 0 saturated carbocycles. The second kappa shape index (κ2) is 32.0. The van der Waals surface area contributed by atoms with Crippen LogP contribution in [-0.2, 0) is 32.8 Å². The van der Waals surface area contributed by atoms with E-state index < -0.39 is 0 Å². The maximum Gasteiger partial charge on any atom is 0.0681 e. The SMILES string of the molecule is CCCO.CCCO.CCCO.OCc1ccccc1.[Zr]. The van der Waals surface area contributed by atoms with E-state index in [2.05, 4.69) is 0 Å². The van der Waals surface area contributed by atoms with Gasteiger partial charge < -0.3 is 20.4 Å². The van der Waals surface area contributed by atoms with Crippen molar-refractivity contribution in [3.8, 4) is 0 Å².